The molecule has 128 valence electrons. The van der Waals surface area contributed by atoms with Crippen LogP contribution in [0.25, 0.3) is 6.08 Å². The van der Waals surface area contributed by atoms with E-state index in [1.165, 1.54) is 5.56 Å². The molecule has 25 heavy (non-hydrogen) atoms. The predicted octanol–water partition coefficient (Wildman–Crippen LogP) is 2.92. The molecule has 4 nitrogen and oxygen atoms in total. The zero-order chi connectivity index (χ0) is 17.1. The third-order valence-corrected chi connectivity index (χ3v) is 5.30. The normalized spacial score (nSPS) is 23.6. The summed E-state index contributed by atoms with van der Waals surface area (Å²) in [5.74, 6) is 0.0841. The van der Waals surface area contributed by atoms with Crippen molar-refractivity contribution in [3.63, 3.8) is 0 Å². The summed E-state index contributed by atoms with van der Waals surface area (Å²) in [4.78, 5) is 19.2. The summed E-state index contributed by atoms with van der Waals surface area (Å²) in [6.45, 7) is 2.84. The Balaban J connectivity index is 1.40. The molecule has 1 aromatic heterocycles. The maximum absolute atomic E-state index is 12.6. The van der Waals surface area contributed by atoms with Gasteiger partial charge in [-0.25, -0.2) is 0 Å². The first-order valence-electron chi connectivity index (χ1n) is 8.94. The molecule has 0 saturated carbocycles. The van der Waals surface area contributed by atoms with Gasteiger partial charge in [0.05, 0.1) is 5.54 Å². The van der Waals surface area contributed by atoms with Gasteiger partial charge in [0, 0.05) is 37.6 Å². The minimum Gasteiger partial charge on any atom is -0.345 e. The van der Waals surface area contributed by atoms with Crippen LogP contribution in [-0.4, -0.2) is 41.0 Å². The molecule has 0 radical (unpaired) electrons. The Morgan fingerprint density at radius 1 is 1.20 bits per heavy atom. The Labute approximate surface area is 148 Å². The van der Waals surface area contributed by atoms with E-state index in [9.17, 15) is 4.79 Å². The van der Waals surface area contributed by atoms with Gasteiger partial charge in [0.2, 0.25) is 0 Å². The van der Waals surface area contributed by atoms with Crippen molar-refractivity contribution in [1.29, 1.82) is 0 Å². The van der Waals surface area contributed by atoms with E-state index < -0.39 is 0 Å². The van der Waals surface area contributed by atoms with Gasteiger partial charge in [0.15, 0.2) is 0 Å². The molecule has 4 rings (SSSR count). The highest BCUT2D eigenvalue weighted by atomic mass is 16.1. The van der Waals surface area contributed by atoms with Gasteiger partial charge >= 0.3 is 0 Å². The second kappa shape index (κ2) is 6.81. The maximum atomic E-state index is 12.6. The first kappa shape index (κ1) is 16.0. The Morgan fingerprint density at radius 3 is 3.00 bits per heavy atom. The zero-order valence-electron chi connectivity index (χ0n) is 14.3. The van der Waals surface area contributed by atoms with Crippen LogP contribution in [0.15, 0.2) is 54.9 Å². The van der Waals surface area contributed by atoms with E-state index in [4.69, 9.17) is 0 Å². The highest BCUT2D eigenvalue weighted by molar-refractivity contribution is 5.96. The van der Waals surface area contributed by atoms with Gasteiger partial charge in [0.25, 0.3) is 5.91 Å². The molecule has 1 unspecified atom stereocenters. The van der Waals surface area contributed by atoms with E-state index in [-0.39, 0.29) is 11.4 Å². The minimum absolute atomic E-state index is 0.0841. The Bertz CT molecular complexity index is 787. The number of hydrogen-bond donors (Lipinski definition) is 1. The quantitative estimate of drug-likeness (QED) is 0.939. The molecule has 1 spiro atoms. The Hall–Kier alpha value is -2.46. The van der Waals surface area contributed by atoms with Crippen molar-refractivity contribution >= 4 is 12.0 Å². The summed E-state index contributed by atoms with van der Waals surface area (Å²) in [5, 5.41) is 3.33. The van der Waals surface area contributed by atoms with Crippen molar-refractivity contribution < 1.29 is 4.79 Å². The number of carbonyl (C=O) groups is 1. The summed E-state index contributed by atoms with van der Waals surface area (Å²) < 4.78 is 0. The lowest BCUT2D eigenvalue weighted by Crippen LogP contribution is -2.49. The monoisotopic (exact) mass is 333 g/mol. The van der Waals surface area contributed by atoms with Gasteiger partial charge in [-0.2, -0.15) is 0 Å². The van der Waals surface area contributed by atoms with Crippen LogP contribution >= 0.6 is 0 Å². The number of aromatic nitrogens is 1. The molecule has 1 fully saturated rings. The SMILES string of the molecule is O=C1NC2(CCc3ccccc31)CCN(C/C=C/c1cccnc1)C2. The molecule has 2 aliphatic heterocycles. The topological polar surface area (TPSA) is 45.2 Å². The number of nitrogens with zero attached hydrogens (tertiary/aromatic N) is 2. The van der Waals surface area contributed by atoms with Gasteiger partial charge < -0.3 is 5.32 Å². The molecule has 1 atom stereocenters. The fraction of sp³-hybridized carbons (Fsp3) is 0.333. The highest BCUT2D eigenvalue weighted by Gasteiger charge is 2.40. The lowest BCUT2D eigenvalue weighted by Gasteiger charge is -2.29. The van der Waals surface area contributed by atoms with Crippen LogP contribution < -0.4 is 5.32 Å². The lowest BCUT2D eigenvalue weighted by atomic mass is 9.91. The van der Waals surface area contributed by atoms with Gasteiger partial charge in [-0.05, 0) is 42.5 Å². The van der Waals surface area contributed by atoms with Crippen LogP contribution in [0.4, 0.5) is 0 Å². The summed E-state index contributed by atoms with van der Waals surface area (Å²) >= 11 is 0. The van der Waals surface area contributed by atoms with Crippen LogP contribution in [0.1, 0.15) is 34.3 Å². The molecule has 0 bridgehead atoms. The van der Waals surface area contributed by atoms with E-state index in [1.807, 2.05) is 30.5 Å². The standard InChI is InChI=1S/C21H23N3O/c25-20-19-8-2-1-7-18(19)9-10-21(23-20)11-14-24(16-21)13-4-6-17-5-3-12-22-15-17/h1-8,12,15H,9-11,13-14,16H2,(H,23,25)/b6-4+. The molecule has 2 aliphatic rings. The number of rotatable bonds is 3. The van der Waals surface area contributed by atoms with Crippen LogP contribution in [0.3, 0.4) is 0 Å². The number of amides is 1. The smallest absolute Gasteiger partial charge is 0.252 e. The minimum atomic E-state index is -0.0851. The van der Waals surface area contributed by atoms with Gasteiger partial charge in [0.1, 0.15) is 0 Å². The Morgan fingerprint density at radius 2 is 2.12 bits per heavy atom. The lowest BCUT2D eigenvalue weighted by molar-refractivity contribution is 0.0903. The summed E-state index contributed by atoms with van der Waals surface area (Å²) in [6, 6.07) is 12.0. The zero-order valence-corrected chi connectivity index (χ0v) is 14.3. The van der Waals surface area contributed by atoms with E-state index >= 15 is 0 Å². The number of fused-ring (bicyclic) bond motifs is 1. The van der Waals surface area contributed by atoms with Crippen LogP contribution in [0, 0.1) is 0 Å². The number of carbonyl (C=O) groups excluding carboxylic acids is 1. The van der Waals surface area contributed by atoms with Crippen LogP contribution in [-0.2, 0) is 6.42 Å². The van der Waals surface area contributed by atoms with E-state index in [2.05, 4.69) is 39.5 Å². The fourth-order valence-corrected chi connectivity index (χ4v) is 3.94. The molecular formula is C21H23N3O. The van der Waals surface area contributed by atoms with Crippen molar-refractivity contribution in [3.05, 3.63) is 71.6 Å². The number of nitrogens with one attached hydrogen (secondary N) is 1. The first-order chi connectivity index (χ1) is 12.2. The fourth-order valence-electron chi connectivity index (χ4n) is 3.94. The Kier molecular flexibility index (Phi) is 4.36. The van der Waals surface area contributed by atoms with Crippen molar-refractivity contribution in [1.82, 2.24) is 15.2 Å². The average molecular weight is 333 g/mol. The molecule has 1 aromatic carbocycles. The first-order valence-corrected chi connectivity index (χ1v) is 8.94. The van der Waals surface area contributed by atoms with Gasteiger partial charge in [-0.3, -0.25) is 14.7 Å². The van der Waals surface area contributed by atoms with Crippen LogP contribution in [0.2, 0.25) is 0 Å². The summed E-state index contributed by atoms with van der Waals surface area (Å²) in [5.41, 5.74) is 3.05. The van der Waals surface area contributed by atoms with Crippen molar-refractivity contribution in [2.45, 2.75) is 24.8 Å². The van der Waals surface area contributed by atoms with E-state index in [0.29, 0.717) is 0 Å². The maximum Gasteiger partial charge on any atom is 0.252 e. The van der Waals surface area contributed by atoms with E-state index in [0.717, 1.165) is 50.0 Å². The van der Waals surface area contributed by atoms with Gasteiger partial charge in [-0.15, -0.1) is 0 Å². The number of likely N-dealkylation sites (tertiary alicyclic amines) is 1. The molecule has 4 heteroatoms. The van der Waals surface area contributed by atoms with Crippen molar-refractivity contribution in [2.75, 3.05) is 19.6 Å². The number of pyridine rings is 1. The molecule has 2 aromatic rings. The third kappa shape index (κ3) is 3.49. The average Bonchev–Trinajstić information content (AvgIpc) is 2.97. The second-order valence-electron chi connectivity index (χ2n) is 7.07. The van der Waals surface area contributed by atoms with Crippen molar-refractivity contribution in [3.8, 4) is 0 Å². The third-order valence-electron chi connectivity index (χ3n) is 5.30. The largest absolute Gasteiger partial charge is 0.345 e. The second-order valence-corrected chi connectivity index (χ2v) is 7.07. The van der Waals surface area contributed by atoms with E-state index in [1.54, 1.807) is 6.20 Å². The van der Waals surface area contributed by atoms with Crippen LogP contribution in [0.5, 0.6) is 0 Å². The number of aryl methyl sites for hydroxylation is 1. The van der Waals surface area contributed by atoms with Gasteiger partial charge in [-0.1, -0.05) is 36.4 Å². The predicted molar refractivity (Wildman–Crippen MR) is 99.3 cm³/mol. The summed E-state index contributed by atoms with van der Waals surface area (Å²) in [6.07, 6.45) is 10.9. The highest BCUT2D eigenvalue weighted by Crippen LogP contribution is 2.30. The molecule has 0 aliphatic carbocycles. The number of hydrogen-bond acceptors (Lipinski definition) is 3. The summed E-state index contributed by atoms with van der Waals surface area (Å²) in [7, 11) is 0. The molecule has 1 saturated heterocycles. The number of benzene rings is 1. The molecular weight excluding hydrogens is 310 g/mol. The molecule has 1 N–H and O–H groups in total. The van der Waals surface area contributed by atoms with Crippen molar-refractivity contribution in [2.24, 2.45) is 0 Å². The molecule has 3 heterocycles. The molecule has 1 amide bonds.